The van der Waals surface area contributed by atoms with Crippen molar-refractivity contribution >= 4 is 12.0 Å². The summed E-state index contributed by atoms with van der Waals surface area (Å²) in [6.07, 6.45) is 2.02. The fourth-order valence-corrected chi connectivity index (χ4v) is 3.24. The molecular formula is C26H29N3O3. The normalized spacial score (nSPS) is 10.6. The zero-order chi connectivity index (χ0) is 22.8. The molecule has 166 valence electrons. The molecule has 2 N–H and O–H groups in total. The SMILES string of the molecule is CC(C)CCNC(=O)c1ncccc1-c1ccccc1CNC(=O)OCc1ccccc1. The lowest BCUT2D eigenvalue weighted by Crippen LogP contribution is -2.27. The van der Waals surface area contributed by atoms with Crippen LogP contribution in [0.4, 0.5) is 4.79 Å². The molecule has 0 fully saturated rings. The molecule has 6 nitrogen and oxygen atoms in total. The monoisotopic (exact) mass is 431 g/mol. The predicted octanol–water partition coefficient (Wildman–Crippen LogP) is 4.95. The van der Waals surface area contributed by atoms with Crippen LogP contribution in [0.2, 0.25) is 0 Å². The Hall–Kier alpha value is -3.67. The topological polar surface area (TPSA) is 80.3 Å². The van der Waals surface area contributed by atoms with Crippen LogP contribution in [0.1, 0.15) is 41.9 Å². The van der Waals surface area contributed by atoms with Gasteiger partial charge >= 0.3 is 6.09 Å². The average Bonchev–Trinajstić information content (AvgIpc) is 2.82. The number of rotatable bonds is 9. The van der Waals surface area contributed by atoms with Crippen molar-refractivity contribution in [1.82, 2.24) is 15.6 Å². The first-order valence-corrected chi connectivity index (χ1v) is 10.8. The highest BCUT2D eigenvalue weighted by atomic mass is 16.5. The highest BCUT2D eigenvalue weighted by Gasteiger charge is 2.16. The summed E-state index contributed by atoms with van der Waals surface area (Å²) in [7, 11) is 0. The van der Waals surface area contributed by atoms with E-state index in [0.717, 1.165) is 28.7 Å². The van der Waals surface area contributed by atoms with Crippen molar-refractivity contribution in [1.29, 1.82) is 0 Å². The maximum Gasteiger partial charge on any atom is 0.407 e. The quantitative estimate of drug-likeness (QED) is 0.502. The van der Waals surface area contributed by atoms with Gasteiger partial charge in [-0.1, -0.05) is 74.5 Å². The van der Waals surface area contributed by atoms with Crippen LogP contribution >= 0.6 is 0 Å². The predicted molar refractivity (Wildman–Crippen MR) is 125 cm³/mol. The van der Waals surface area contributed by atoms with Gasteiger partial charge in [-0.25, -0.2) is 4.79 Å². The molecule has 6 heteroatoms. The summed E-state index contributed by atoms with van der Waals surface area (Å²) in [6.45, 7) is 5.31. The second-order valence-corrected chi connectivity index (χ2v) is 7.91. The van der Waals surface area contributed by atoms with Crippen molar-refractivity contribution in [2.75, 3.05) is 6.54 Å². The lowest BCUT2D eigenvalue weighted by atomic mass is 9.98. The van der Waals surface area contributed by atoms with Crippen LogP contribution in [0.3, 0.4) is 0 Å². The maximum atomic E-state index is 12.8. The Morgan fingerprint density at radius 2 is 1.62 bits per heavy atom. The maximum absolute atomic E-state index is 12.8. The number of ether oxygens (including phenoxy) is 1. The largest absolute Gasteiger partial charge is 0.445 e. The number of pyridine rings is 1. The Morgan fingerprint density at radius 3 is 2.41 bits per heavy atom. The lowest BCUT2D eigenvalue weighted by molar-refractivity contribution is 0.0947. The standard InChI is InChI=1S/C26H29N3O3/c1-19(2)14-16-28-25(30)24-23(13-8-15-27-24)22-12-7-6-11-21(22)17-29-26(31)32-18-20-9-4-3-5-10-20/h3-13,15,19H,14,16-18H2,1-2H3,(H,28,30)(H,29,31). The number of hydrogen-bond donors (Lipinski definition) is 2. The van der Waals surface area contributed by atoms with Gasteiger partial charge in [0, 0.05) is 24.8 Å². The number of nitrogens with one attached hydrogen (secondary N) is 2. The molecule has 1 aromatic heterocycles. The Kier molecular flexibility index (Phi) is 8.37. The molecule has 0 radical (unpaired) electrons. The van der Waals surface area contributed by atoms with Crippen LogP contribution in [-0.2, 0) is 17.9 Å². The van der Waals surface area contributed by atoms with E-state index in [4.69, 9.17) is 4.74 Å². The van der Waals surface area contributed by atoms with Gasteiger partial charge < -0.3 is 15.4 Å². The molecule has 2 aromatic carbocycles. The summed E-state index contributed by atoms with van der Waals surface area (Å²) in [4.78, 5) is 29.3. The van der Waals surface area contributed by atoms with Gasteiger partial charge in [-0.05, 0) is 35.1 Å². The first-order valence-electron chi connectivity index (χ1n) is 10.8. The summed E-state index contributed by atoms with van der Waals surface area (Å²) in [5, 5.41) is 5.74. The number of carbonyl (C=O) groups excluding carboxylic acids is 2. The van der Waals surface area contributed by atoms with Crippen LogP contribution in [0.25, 0.3) is 11.1 Å². The number of hydrogen-bond acceptors (Lipinski definition) is 4. The van der Waals surface area contributed by atoms with Gasteiger partial charge in [0.2, 0.25) is 0 Å². The first-order chi connectivity index (χ1) is 15.5. The van der Waals surface area contributed by atoms with Gasteiger partial charge in [0.1, 0.15) is 12.3 Å². The second kappa shape index (κ2) is 11.6. The molecule has 3 rings (SSSR count). The van der Waals surface area contributed by atoms with Gasteiger partial charge in [-0.2, -0.15) is 0 Å². The van der Waals surface area contributed by atoms with E-state index in [1.54, 1.807) is 12.3 Å². The van der Waals surface area contributed by atoms with Crippen molar-refractivity contribution in [3.63, 3.8) is 0 Å². The Bertz CT molecular complexity index is 1040. The molecule has 2 amide bonds. The average molecular weight is 432 g/mol. The minimum Gasteiger partial charge on any atom is -0.445 e. The number of carbonyl (C=O) groups is 2. The molecule has 3 aromatic rings. The van der Waals surface area contributed by atoms with E-state index in [0.29, 0.717) is 18.2 Å². The summed E-state index contributed by atoms with van der Waals surface area (Å²) in [5.74, 6) is 0.304. The Labute approximate surface area is 189 Å². The molecule has 0 spiro atoms. The molecule has 32 heavy (non-hydrogen) atoms. The molecule has 0 atom stereocenters. The highest BCUT2D eigenvalue weighted by molar-refractivity contribution is 5.99. The molecule has 0 saturated carbocycles. The molecule has 0 unspecified atom stereocenters. The number of alkyl carbamates (subject to hydrolysis) is 1. The minimum absolute atomic E-state index is 0.203. The van der Waals surface area contributed by atoms with Crippen LogP contribution in [-0.4, -0.2) is 23.5 Å². The minimum atomic E-state index is -0.499. The van der Waals surface area contributed by atoms with E-state index in [9.17, 15) is 9.59 Å². The van der Waals surface area contributed by atoms with Crippen LogP contribution in [0.5, 0.6) is 0 Å². The molecule has 1 heterocycles. The van der Waals surface area contributed by atoms with Crippen molar-refractivity contribution in [3.8, 4) is 11.1 Å². The van der Waals surface area contributed by atoms with E-state index >= 15 is 0 Å². The third kappa shape index (κ3) is 6.67. The summed E-state index contributed by atoms with van der Waals surface area (Å²) >= 11 is 0. The van der Waals surface area contributed by atoms with Crippen LogP contribution in [0.15, 0.2) is 72.9 Å². The molecule has 0 bridgehead atoms. The molecule has 0 aliphatic rings. The third-order valence-corrected chi connectivity index (χ3v) is 4.97. The van der Waals surface area contributed by atoms with Crippen molar-refractivity contribution in [2.24, 2.45) is 5.92 Å². The summed E-state index contributed by atoms with van der Waals surface area (Å²) in [5.41, 5.74) is 3.73. The van der Waals surface area contributed by atoms with E-state index in [1.165, 1.54) is 0 Å². The van der Waals surface area contributed by atoms with Gasteiger partial charge in [-0.15, -0.1) is 0 Å². The van der Waals surface area contributed by atoms with E-state index in [2.05, 4.69) is 29.5 Å². The second-order valence-electron chi connectivity index (χ2n) is 7.91. The summed E-state index contributed by atoms with van der Waals surface area (Å²) < 4.78 is 5.29. The zero-order valence-electron chi connectivity index (χ0n) is 18.5. The van der Waals surface area contributed by atoms with Crippen molar-refractivity contribution in [3.05, 3.63) is 89.7 Å². The fourth-order valence-electron chi connectivity index (χ4n) is 3.24. The zero-order valence-corrected chi connectivity index (χ0v) is 18.5. The smallest absolute Gasteiger partial charge is 0.407 e. The van der Waals surface area contributed by atoms with E-state index in [1.807, 2.05) is 60.7 Å². The van der Waals surface area contributed by atoms with E-state index < -0.39 is 6.09 Å². The van der Waals surface area contributed by atoms with Gasteiger partial charge in [0.25, 0.3) is 5.91 Å². The Morgan fingerprint density at radius 1 is 0.906 bits per heavy atom. The summed E-state index contributed by atoms with van der Waals surface area (Å²) in [6, 6.07) is 20.8. The van der Waals surface area contributed by atoms with Gasteiger partial charge in [-0.3, -0.25) is 9.78 Å². The molecule has 0 saturated heterocycles. The molecule has 0 aliphatic heterocycles. The van der Waals surface area contributed by atoms with Crippen LogP contribution in [0, 0.1) is 5.92 Å². The number of benzene rings is 2. The van der Waals surface area contributed by atoms with Gasteiger partial charge in [0.15, 0.2) is 0 Å². The highest BCUT2D eigenvalue weighted by Crippen LogP contribution is 2.26. The third-order valence-electron chi connectivity index (χ3n) is 4.97. The number of nitrogens with zero attached hydrogens (tertiary/aromatic N) is 1. The first kappa shape index (κ1) is 23.0. The number of amides is 2. The fraction of sp³-hybridized carbons (Fsp3) is 0.269. The Balaban J connectivity index is 1.68. The molecule has 0 aliphatic carbocycles. The van der Waals surface area contributed by atoms with Gasteiger partial charge in [0.05, 0.1) is 0 Å². The van der Waals surface area contributed by atoms with E-state index in [-0.39, 0.29) is 19.1 Å². The number of aromatic nitrogens is 1. The van der Waals surface area contributed by atoms with Crippen molar-refractivity contribution in [2.45, 2.75) is 33.4 Å². The lowest BCUT2D eigenvalue weighted by Gasteiger charge is -2.14. The molecular weight excluding hydrogens is 402 g/mol. The van der Waals surface area contributed by atoms with Crippen LogP contribution < -0.4 is 10.6 Å². The van der Waals surface area contributed by atoms with Crippen molar-refractivity contribution < 1.29 is 14.3 Å².